The topological polar surface area (TPSA) is 77.0 Å². The Hall–Kier alpha value is -1.24. The standard InChI is InChI=1S/C12H21N3O3S/c1-3-15-11(17)13-14-12(15)19-9-7-5-6-8-10(16)18-4-2/h3-9H2,1-2H3,(H,13,17). The molecule has 0 saturated heterocycles. The van der Waals surface area contributed by atoms with Gasteiger partial charge in [0.2, 0.25) is 0 Å². The predicted octanol–water partition coefficient (Wildman–Crippen LogP) is 1.81. The molecule has 0 aromatic carbocycles. The van der Waals surface area contributed by atoms with Gasteiger partial charge in [-0.15, -0.1) is 5.10 Å². The van der Waals surface area contributed by atoms with Crippen LogP contribution in [0.3, 0.4) is 0 Å². The zero-order valence-corrected chi connectivity index (χ0v) is 12.3. The summed E-state index contributed by atoms with van der Waals surface area (Å²) >= 11 is 1.57. The number of nitrogens with zero attached hydrogens (tertiary/aromatic N) is 2. The fourth-order valence-corrected chi connectivity index (χ4v) is 2.65. The molecular weight excluding hydrogens is 266 g/mol. The maximum absolute atomic E-state index is 11.3. The molecule has 0 spiro atoms. The molecule has 0 radical (unpaired) electrons. The van der Waals surface area contributed by atoms with Gasteiger partial charge in [-0.2, -0.15) is 0 Å². The highest BCUT2D eigenvalue weighted by atomic mass is 32.2. The first-order chi connectivity index (χ1) is 9.19. The summed E-state index contributed by atoms with van der Waals surface area (Å²) in [4.78, 5) is 22.4. The van der Waals surface area contributed by atoms with E-state index < -0.39 is 0 Å². The molecular formula is C12H21N3O3S. The third kappa shape index (κ3) is 5.50. The molecule has 1 N–H and O–H groups in total. The van der Waals surface area contributed by atoms with E-state index in [0.29, 0.717) is 19.6 Å². The van der Waals surface area contributed by atoms with Gasteiger partial charge in [0.15, 0.2) is 5.16 Å². The number of aromatic nitrogens is 3. The molecule has 0 aliphatic rings. The molecule has 0 bridgehead atoms. The number of hydrogen-bond acceptors (Lipinski definition) is 5. The van der Waals surface area contributed by atoms with Crippen LogP contribution in [-0.2, 0) is 16.1 Å². The van der Waals surface area contributed by atoms with E-state index in [4.69, 9.17) is 4.74 Å². The van der Waals surface area contributed by atoms with Crippen molar-refractivity contribution in [2.75, 3.05) is 12.4 Å². The van der Waals surface area contributed by atoms with Crippen LogP contribution in [0.5, 0.6) is 0 Å². The molecule has 6 nitrogen and oxygen atoms in total. The summed E-state index contributed by atoms with van der Waals surface area (Å²) in [6.07, 6.45) is 3.31. The number of unbranched alkanes of at least 4 members (excludes halogenated alkanes) is 2. The summed E-state index contributed by atoms with van der Waals surface area (Å²) in [6, 6.07) is 0. The number of hydrogen-bond donors (Lipinski definition) is 1. The van der Waals surface area contributed by atoms with E-state index in [9.17, 15) is 9.59 Å². The molecule has 0 saturated carbocycles. The largest absolute Gasteiger partial charge is 0.466 e. The van der Waals surface area contributed by atoms with E-state index in [0.717, 1.165) is 30.2 Å². The third-order valence-corrected chi connectivity index (χ3v) is 3.66. The van der Waals surface area contributed by atoms with Crippen LogP contribution in [0.1, 0.15) is 39.5 Å². The van der Waals surface area contributed by atoms with Crippen LogP contribution in [-0.4, -0.2) is 33.1 Å². The highest BCUT2D eigenvalue weighted by molar-refractivity contribution is 7.99. The maximum atomic E-state index is 11.3. The SMILES string of the molecule is CCOC(=O)CCCCCSc1n[nH]c(=O)n1CC. The van der Waals surface area contributed by atoms with Gasteiger partial charge in [0.25, 0.3) is 0 Å². The van der Waals surface area contributed by atoms with Crippen LogP contribution in [0.25, 0.3) is 0 Å². The average molecular weight is 287 g/mol. The number of carbonyl (C=O) groups excluding carboxylic acids is 1. The fraction of sp³-hybridized carbons (Fsp3) is 0.750. The second-order valence-electron chi connectivity index (χ2n) is 4.02. The third-order valence-electron chi connectivity index (χ3n) is 2.60. The molecule has 0 aliphatic carbocycles. The molecule has 1 heterocycles. The summed E-state index contributed by atoms with van der Waals surface area (Å²) in [7, 11) is 0. The molecule has 0 aliphatic heterocycles. The number of ether oxygens (including phenoxy) is 1. The first-order valence-corrected chi connectivity index (χ1v) is 7.61. The van der Waals surface area contributed by atoms with Crippen molar-refractivity contribution >= 4 is 17.7 Å². The van der Waals surface area contributed by atoms with Crippen molar-refractivity contribution in [2.24, 2.45) is 0 Å². The average Bonchev–Trinajstić information content (AvgIpc) is 2.74. The van der Waals surface area contributed by atoms with Gasteiger partial charge in [-0.3, -0.25) is 9.36 Å². The highest BCUT2D eigenvalue weighted by Crippen LogP contribution is 2.15. The van der Waals surface area contributed by atoms with Crippen molar-refractivity contribution in [3.63, 3.8) is 0 Å². The van der Waals surface area contributed by atoms with Crippen molar-refractivity contribution in [2.45, 2.75) is 51.2 Å². The summed E-state index contributed by atoms with van der Waals surface area (Å²) < 4.78 is 6.47. The Kier molecular flexibility index (Phi) is 7.32. The van der Waals surface area contributed by atoms with Gasteiger partial charge in [-0.05, 0) is 26.7 Å². The van der Waals surface area contributed by atoms with E-state index in [1.807, 2.05) is 13.8 Å². The van der Waals surface area contributed by atoms with E-state index in [2.05, 4.69) is 10.2 Å². The Morgan fingerprint density at radius 1 is 1.37 bits per heavy atom. The lowest BCUT2D eigenvalue weighted by atomic mass is 10.2. The quantitative estimate of drug-likeness (QED) is 0.426. The van der Waals surface area contributed by atoms with Crippen LogP contribution in [0.2, 0.25) is 0 Å². The molecule has 0 atom stereocenters. The number of rotatable bonds is 9. The molecule has 1 aromatic heterocycles. The molecule has 1 rings (SSSR count). The van der Waals surface area contributed by atoms with Crippen LogP contribution in [0.4, 0.5) is 0 Å². The van der Waals surface area contributed by atoms with Gasteiger partial charge in [0.1, 0.15) is 0 Å². The lowest BCUT2D eigenvalue weighted by Crippen LogP contribution is -2.16. The summed E-state index contributed by atoms with van der Waals surface area (Å²) in [6.45, 7) is 4.80. The van der Waals surface area contributed by atoms with E-state index in [1.165, 1.54) is 0 Å². The highest BCUT2D eigenvalue weighted by Gasteiger charge is 2.06. The smallest absolute Gasteiger partial charge is 0.343 e. The van der Waals surface area contributed by atoms with Gasteiger partial charge >= 0.3 is 11.7 Å². The summed E-state index contributed by atoms with van der Waals surface area (Å²) in [5, 5.41) is 7.15. The summed E-state index contributed by atoms with van der Waals surface area (Å²) in [5.74, 6) is 0.773. The second kappa shape index (κ2) is 8.79. The molecule has 0 amide bonds. The Bertz CT molecular complexity index is 442. The Morgan fingerprint density at radius 3 is 2.84 bits per heavy atom. The molecule has 19 heavy (non-hydrogen) atoms. The monoisotopic (exact) mass is 287 g/mol. The van der Waals surface area contributed by atoms with Gasteiger partial charge < -0.3 is 4.74 Å². The number of carbonyl (C=O) groups is 1. The van der Waals surface area contributed by atoms with Crippen LogP contribution < -0.4 is 5.69 Å². The van der Waals surface area contributed by atoms with Gasteiger partial charge in [0, 0.05) is 18.7 Å². The van der Waals surface area contributed by atoms with Gasteiger partial charge in [-0.1, -0.05) is 18.2 Å². The van der Waals surface area contributed by atoms with Crippen molar-refractivity contribution in [1.82, 2.24) is 14.8 Å². The van der Waals surface area contributed by atoms with Crippen molar-refractivity contribution in [3.05, 3.63) is 10.5 Å². The van der Waals surface area contributed by atoms with E-state index >= 15 is 0 Å². The molecule has 7 heteroatoms. The number of H-pyrrole nitrogens is 1. The lowest BCUT2D eigenvalue weighted by molar-refractivity contribution is -0.143. The van der Waals surface area contributed by atoms with Crippen molar-refractivity contribution in [1.29, 1.82) is 0 Å². The van der Waals surface area contributed by atoms with Gasteiger partial charge in [0.05, 0.1) is 6.61 Å². The maximum Gasteiger partial charge on any atom is 0.343 e. The first-order valence-electron chi connectivity index (χ1n) is 6.62. The fourth-order valence-electron chi connectivity index (χ4n) is 1.64. The zero-order valence-electron chi connectivity index (χ0n) is 11.5. The van der Waals surface area contributed by atoms with Crippen LogP contribution in [0.15, 0.2) is 9.95 Å². The minimum absolute atomic E-state index is 0.123. The van der Waals surface area contributed by atoms with Crippen molar-refractivity contribution < 1.29 is 9.53 Å². The lowest BCUT2D eigenvalue weighted by Gasteiger charge is -2.03. The van der Waals surface area contributed by atoms with Crippen molar-refractivity contribution in [3.8, 4) is 0 Å². The first kappa shape index (κ1) is 15.8. The molecule has 1 aromatic rings. The van der Waals surface area contributed by atoms with E-state index in [-0.39, 0.29) is 11.7 Å². The Morgan fingerprint density at radius 2 is 2.16 bits per heavy atom. The predicted molar refractivity (Wildman–Crippen MR) is 74.3 cm³/mol. The number of aromatic amines is 1. The summed E-state index contributed by atoms with van der Waals surface area (Å²) in [5.41, 5.74) is -0.160. The second-order valence-corrected chi connectivity index (χ2v) is 5.08. The number of esters is 1. The molecule has 108 valence electrons. The van der Waals surface area contributed by atoms with Crippen LogP contribution >= 0.6 is 11.8 Å². The Labute approximate surface area is 116 Å². The number of nitrogens with one attached hydrogen (secondary N) is 1. The van der Waals surface area contributed by atoms with Crippen LogP contribution in [0, 0.1) is 0 Å². The number of thioether (sulfide) groups is 1. The normalized spacial score (nSPS) is 10.6. The Balaban J connectivity index is 2.14. The van der Waals surface area contributed by atoms with Gasteiger partial charge in [-0.25, -0.2) is 9.89 Å². The zero-order chi connectivity index (χ0) is 14.1. The molecule has 0 unspecified atom stereocenters. The van der Waals surface area contributed by atoms with E-state index in [1.54, 1.807) is 16.3 Å². The molecule has 0 fully saturated rings. The minimum Gasteiger partial charge on any atom is -0.466 e. The minimum atomic E-state index is -0.160.